The molecular weight excluding hydrogens is 971 g/mol. The van der Waals surface area contributed by atoms with Crippen molar-refractivity contribution in [1.82, 2.24) is 5.32 Å². The van der Waals surface area contributed by atoms with Gasteiger partial charge in [-0.15, -0.1) is 0 Å². The number of aliphatic hydroxyl groups is 2. The molecule has 0 spiro atoms. The van der Waals surface area contributed by atoms with Crippen molar-refractivity contribution in [3.05, 3.63) is 36.5 Å². The summed E-state index contributed by atoms with van der Waals surface area (Å²) in [5.41, 5.74) is 0. The molecular formula is C73H139NO5. The molecule has 1 amide bonds. The third kappa shape index (κ3) is 65.1. The van der Waals surface area contributed by atoms with E-state index in [9.17, 15) is 19.8 Å². The first-order valence-electron chi connectivity index (χ1n) is 35.7. The summed E-state index contributed by atoms with van der Waals surface area (Å²) in [7, 11) is 0. The molecule has 0 rings (SSSR count). The molecule has 0 aromatic heterocycles. The van der Waals surface area contributed by atoms with E-state index in [0.29, 0.717) is 25.9 Å². The Morgan fingerprint density at radius 1 is 0.354 bits per heavy atom. The number of amides is 1. The zero-order valence-electron chi connectivity index (χ0n) is 53.4. The highest BCUT2D eigenvalue weighted by Crippen LogP contribution is 2.19. The number of unbranched alkanes of at least 4 members (excludes halogenated alkanes) is 50. The molecule has 79 heavy (non-hydrogen) atoms. The lowest BCUT2D eigenvalue weighted by atomic mass is 10.0. The van der Waals surface area contributed by atoms with E-state index in [0.717, 1.165) is 51.4 Å². The van der Waals surface area contributed by atoms with Gasteiger partial charge in [-0.2, -0.15) is 0 Å². The quantitative estimate of drug-likeness (QED) is 0.0320. The predicted molar refractivity (Wildman–Crippen MR) is 347 cm³/mol. The Hall–Kier alpha value is -1.92. The fourth-order valence-corrected chi connectivity index (χ4v) is 11.2. The van der Waals surface area contributed by atoms with E-state index in [2.05, 4.69) is 55.6 Å². The number of carbonyl (C=O) groups excluding carboxylic acids is 2. The van der Waals surface area contributed by atoms with Gasteiger partial charge in [0.15, 0.2) is 0 Å². The van der Waals surface area contributed by atoms with Crippen LogP contribution in [0.25, 0.3) is 0 Å². The van der Waals surface area contributed by atoms with Gasteiger partial charge in [0.25, 0.3) is 0 Å². The van der Waals surface area contributed by atoms with Crippen LogP contribution in [-0.4, -0.2) is 47.4 Å². The van der Waals surface area contributed by atoms with Crippen LogP contribution in [0.5, 0.6) is 0 Å². The summed E-state index contributed by atoms with van der Waals surface area (Å²) in [6.07, 6.45) is 87.9. The summed E-state index contributed by atoms with van der Waals surface area (Å²) < 4.78 is 5.49. The zero-order valence-corrected chi connectivity index (χ0v) is 53.4. The van der Waals surface area contributed by atoms with E-state index in [1.807, 2.05) is 0 Å². The Morgan fingerprint density at radius 2 is 0.633 bits per heavy atom. The summed E-state index contributed by atoms with van der Waals surface area (Å²) >= 11 is 0. The Balaban J connectivity index is 3.31. The molecule has 0 aliphatic heterocycles. The zero-order chi connectivity index (χ0) is 57.1. The summed E-state index contributed by atoms with van der Waals surface area (Å²) in [6.45, 7) is 4.93. The Morgan fingerprint density at radius 3 is 1.00 bits per heavy atom. The second-order valence-electron chi connectivity index (χ2n) is 24.6. The molecule has 6 heteroatoms. The van der Waals surface area contributed by atoms with Crippen molar-refractivity contribution in [3.8, 4) is 0 Å². The monoisotopic (exact) mass is 1110 g/mol. The maximum absolute atomic E-state index is 12.4. The highest BCUT2D eigenvalue weighted by molar-refractivity contribution is 5.76. The number of hydrogen-bond acceptors (Lipinski definition) is 5. The number of nitrogens with one attached hydrogen (secondary N) is 1. The van der Waals surface area contributed by atoms with Crippen LogP contribution in [0.15, 0.2) is 36.5 Å². The van der Waals surface area contributed by atoms with Gasteiger partial charge in [0.05, 0.1) is 25.4 Å². The summed E-state index contributed by atoms with van der Waals surface area (Å²) in [5.74, 6) is -0.0235. The van der Waals surface area contributed by atoms with Crippen LogP contribution in [0.1, 0.15) is 393 Å². The molecule has 2 unspecified atom stereocenters. The maximum Gasteiger partial charge on any atom is 0.305 e. The van der Waals surface area contributed by atoms with Gasteiger partial charge in [0, 0.05) is 12.8 Å². The van der Waals surface area contributed by atoms with Crippen molar-refractivity contribution >= 4 is 11.9 Å². The number of hydrogen-bond donors (Lipinski definition) is 3. The number of ether oxygens (including phenoxy) is 1. The van der Waals surface area contributed by atoms with E-state index in [-0.39, 0.29) is 18.5 Å². The molecule has 466 valence electrons. The average molecular weight is 1110 g/mol. The third-order valence-electron chi connectivity index (χ3n) is 16.7. The smallest absolute Gasteiger partial charge is 0.305 e. The fourth-order valence-electron chi connectivity index (χ4n) is 11.2. The standard InChI is InChI=1S/C73H139NO5/c1-3-5-7-9-11-13-15-16-40-44-47-51-55-59-63-67-73(78)79-68-64-60-56-52-48-45-42-39-37-35-33-31-29-27-25-23-21-19-17-18-20-22-24-26-28-30-32-34-36-38-41-43-46-50-54-58-62-66-72(77)74-70(69-75)71(76)65-61-57-53-49-14-12-10-8-6-4-2/h11,13,16-17,19,40,70-71,75-76H,3-10,12,14-15,18,20-39,41-69H2,1-2H3,(H,74,77)/b13-11-,19-17-,40-16-. The Labute approximate surface area is 494 Å². The van der Waals surface area contributed by atoms with Gasteiger partial charge in [-0.1, -0.05) is 333 Å². The number of carbonyl (C=O) groups is 2. The molecule has 0 heterocycles. The van der Waals surface area contributed by atoms with E-state index in [1.165, 1.54) is 308 Å². The first kappa shape index (κ1) is 77.1. The van der Waals surface area contributed by atoms with Gasteiger partial charge in [-0.3, -0.25) is 9.59 Å². The number of rotatable bonds is 67. The fraction of sp³-hybridized carbons (Fsp3) is 0.890. The minimum Gasteiger partial charge on any atom is -0.466 e. The van der Waals surface area contributed by atoms with Crippen LogP contribution in [0, 0.1) is 0 Å². The van der Waals surface area contributed by atoms with Gasteiger partial charge < -0.3 is 20.3 Å². The van der Waals surface area contributed by atoms with E-state index in [1.54, 1.807) is 0 Å². The van der Waals surface area contributed by atoms with Gasteiger partial charge in [-0.05, 0) is 83.5 Å². The molecule has 0 aliphatic rings. The van der Waals surface area contributed by atoms with Crippen LogP contribution in [0.4, 0.5) is 0 Å². The minimum absolute atomic E-state index is 0.00757. The highest BCUT2D eigenvalue weighted by Gasteiger charge is 2.20. The minimum atomic E-state index is -0.659. The lowest BCUT2D eigenvalue weighted by Gasteiger charge is -2.22. The van der Waals surface area contributed by atoms with Gasteiger partial charge in [0.1, 0.15) is 0 Å². The molecule has 0 aromatic rings. The van der Waals surface area contributed by atoms with Crippen LogP contribution in [0.2, 0.25) is 0 Å². The normalized spacial score (nSPS) is 12.7. The van der Waals surface area contributed by atoms with Crippen molar-refractivity contribution in [2.75, 3.05) is 13.2 Å². The highest BCUT2D eigenvalue weighted by atomic mass is 16.5. The molecule has 0 fully saturated rings. The first-order valence-corrected chi connectivity index (χ1v) is 35.7. The summed E-state index contributed by atoms with van der Waals surface area (Å²) in [6, 6.07) is -0.536. The summed E-state index contributed by atoms with van der Waals surface area (Å²) in [5, 5.41) is 23.2. The van der Waals surface area contributed by atoms with Crippen molar-refractivity contribution in [2.24, 2.45) is 0 Å². The van der Waals surface area contributed by atoms with Crippen molar-refractivity contribution in [3.63, 3.8) is 0 Å². The summed E-state index contributed by atoms with van der Waals surface area (Å²) in [4.78, 5) is 24.5. The SMILES string of the molecule is CCCCC/C=C\C/C=C\CCCCCCCC(=O)OCCCCCCCCCCCCCCCCCC/C=C\CCCCCCCCCCCCCCCCCCCC(=O)NC(CO)C(O)CCCCCCCCCCCC. The molecule has 0 bridgehead atoms. The first-order chi connectivity index (χ1) is 39.0. The number of allylic oxidation sites excluding steroid dienone is 6. The third-order valence-corrected chi connectivity index (χ3v) is 16.7. The topological polar surface area (TPSA) is 95.9 Å². The van der Waals surface area contributed by atoms with E-state index >= 15 is 0 Å². The lowest BCUT2D eigenvalue weighted by Crippen LogP contribution is -2.45. The van der Waals surface area contributed by atoms with Crippen LogP contribution in [-0.2, 0) is 14.3 Å². The van der Waals surface area contributed by atoms with Gasteiger partial charge >= 0.3 is 5.97 Å². The van der Waals surface area contributed by atoms with Crippen LogP contribution in [0.3, 0.4) is 0 Å². The van der Waals surface area contributed by atoms with Crippen molar-refractivity contribution in [2.45, 2.75) is 405 Å². The van der Waals surface area contributed by atoms with Gasteiger partial charge in [0.2, 0.25) is 5.91 Å². The van der Waals surface area contributed by atoms with E-state index in [4.69, 9.17) is 4.74 Å². The predicted octanol–water partition coefficient (Wildman–Crippen LogP) is 23.1. The van der Waals surface area contributed by atoms with Crippen LogP contribution >= 0.6 is 0 Å². The van der Waals surface area contributed by atoms with Crippen LogP contribution < -0.4 is 5.32 Å². The molecule has 0 aromatic carbocycles. The van der Waals surface area contributed by atoms with Crippen molar-refractivity contribution < 1.29 is 24.5 Å². The average Bonchev–Trinajstić information content (AvgIpc) is 3.45. The van der Waals surface area contributed by atoms with E-state index < -0.39 is 12.1 Å². The lowest BCUT2D eigenvalue weighted by molar-refractivity contribution is -0.143. The second kappa shape index (κ2) is 68.6. The largest absolute Gasteiger partial charge is 0.466 e. The molecule has 0 aliphatic carbocycles. The van der Waals surface area contributed by atoms with Crippen molar-refractivity contribution in [1.29, 1.82) is 0 Å². The van der Waals surface area contributed by atoms with Gasteiger partial charge in [-0.25, -0.2) is 0 Å². The molecule has 0 saturated carbocycles. The number of aliphatic hydroxyl groups excluding tert-OH is 2. The maximum atomic E-state index is 12.4. The molecule has 6 nitrogen and oxygen atoms in total. The second-order valence-corrected chi connectivity index (χ2v) is 24.6. The molecule has 2 atom stereocenters. The molecule has 3 N–H and O–H groups in total. The Kier molecular flexibility index (Phi) is 66.9. The number of esters is 1. The molecule has 0 radical (unpaired) electrons. The molecule has 0 saturated heterocycles. The Bertz CT molecular complexity index is 1280.